The van der Waals surface area contributed by atoms with Gasteiger partial charge in [-0.1, -0.05) is 88.8 Å². The van der Waals surface area contributed by atoms with Crippen LogP contribution in [0.4, 0.5) is 0 Å². The quantitative estimate of drug-likeness (QED) is 0.125. The van der Waals surface area contributed by atoms with Crippen LogP contribution in [-0.4, -0.2) is 23.1 Å². The fraction of sp³-hybridized carbons (Fsp3) is 0.692. The Morgan fingerprint density at radius 1 is 0.767 bits per heavy atom. The molecule has 172 valence electrons. The first-order chi connectivity index (χ1) is 14.6. The van der Waals surface area contributed by atoms with Crippen molar-refractivity contribution in [1.29, 1.82) is 0 Å². The number of allylic oxidation sites excluding steroid dienone is 6. The van der Waals surface area contributed by atoms with Gasteiger partial charge in [0.15, 0.2) is 6.10 Å². The van der Waals surface area contributed by atoms with E-state index in [1.54, 1.807) is 0 Å². The summed E-state index contributed by atoms with van der Waals surface area (Å²) < 4.78 is 5.15. The Bertz CT molecular complexity index is 505. The smallest absolute Gasteiger partial charge is 0.345 e. The first kappa shape index (κ1) is 28.2. The lowest BCUT2D eigenvalue weighted by Crippen LogP contribution is -2.27. The first-order valence-electron chi connectivity index (χ1n) is 12.0. The molecule has 4 heteroatoms. The van der Waals surface area contributed by atoms with Gasteiger partial charge in [-0.15, -0.1) is 0 Å². The van der Waals surface area contributed by atoms with Crippen LogP contribution in [0.5, 0.6) is 0 Å². The van der Waals surface area contributed by atoms with Gasteiger partial charge in [-0.3, -0.25) is 4.79 Å². The van der Waals surface area contributed by atoms with Crippen molar-refractivity contribution in [2.24, 2.45) is 0 Å². The zero-order chi connectivity index (χ0) is 22.3. The number of ether oxygens (including phenoxy) is 1. The second kappa shape index (κ2) is 21.9. The molecule has 0 amide bonds. The third kappa shape index (κ3) is 19.5. The average molecular weight is 421 g/mol. The molecule has 1 N–H and O–H groups in total. The summed E-state index contributed by atoms with van der Waals surface area (Å²) in [7, 11) is 0. The Kier molecular flexibility index (Phi) is 20.5. The number of carboxylic acids is 1. The summed E-state index contributed by atoms with van der Waals surface area (Å²) in [5, 5.41) is 9.19. The van der Waals surface area contributed by atoms with Crippen molar-refractivity contribution in [2.45, 2.75) is 116 Å². The summed E-state index contributed by atoms with van der Waals surface area (Å²) >= 11 is 0. The molecule has 4 nitrogen and oxygen atoms in total. The minimum atomic E-state index is -1.03. The predicted molar refractivity (Wildman–Crippen MR) is 126 cm³/mol. The largest absolute Gasteiger partial charge is 0.479 e. The highest BCUT2D eigenvalue weighted by Crippen LogP contribution is 2.12. The van der Waals surface area contributed by atoms with E-state index in [-0.39, 0.29) is 5.97 Å². The maximum atomic E-state index is 11.9. The molecule has 0 aliphatic carbocycles. The zero-order valence-electron chi connectivity index (χ0n) is 19.3. The number of unbranched alkanes of at least 4 members (excludes halogenated alkanes) is 8. The van der Waals surface area contributed by atoms with E-state index in [0.29, 0.717) is 12.8 Å². The van der Waals surface area contributed by atoms with Gasteiger partial charge in [0.05, 0.1) is 0 Å². The van der Waals surface area contributed by atoms with Crippen LogP contribution in [0.2, 0.25) is 0 Å². The Morgan fingerprint density at radius 3 is 2.03 bits per heavy atom. The molecule has 0 radical (unpaired) electrons. The maximum Gasteiger partial charge on any atom is 0.345 e. The lowest BCUT2D eigenvalue weighted by Gasteiger charge is -2.13. The van der Waals surface area contributed by atoms with Gasteiger partial charge >= 0.3 is 11.9 Å². The number of carboxylic acid groups (broad SMARTS) is 1. The van der Waals surface area contributed by atoms with E-state index in [9.17, 15) is 14.7 Å². The molecule has 0 heterocycles. The lowest BCUT2D eigenvalue weighted by molar-refractivity contribution is -0.164. The number of rotatable bonds is 20. The summed E-state index contributed by atoms with van der Waals surface area (Å²) in [5.41, 5.74) is 0. The van der Waals surface area contributed by atoms with Crippen molar-refractivity contribution in [2.75, 3.05) is 0 Å². The van der Waals surface area contributed by atoms with Crippen molar-refractivity contribution in [3.8, 4) is 0 Å². The lowest BCUT2D eigenvalue weighted by atomic mass is 10.1. The van der Waals surface area contributed by atoms with Gasteiger partial charge in [0.1, 0.15) is 0 Å². The fourth-order valence-electron chi connectivity index (χ4n) is 3.10. The fourth-order valence-corrected chi connectivity index (χ4v) is 3.10. The van der Waals surface area contributed by atoms with Gasteiger partial charge in [-0.25, -0.2) is 4.79 Å². The molecule has 0 aromatic heterocycles. The average Bonchev–Trinajstić information content (AvgIpc) is 2.73. The maximum absolute atomic E-state index is 11.9. The SMILES string of the molecule is CCC=CCC=CCC=CCCCCCCCC(=O)OC(CCCCCC)C(=O)O. The summed E-state index contributed by atoms with van der Waals surface area (Å²) in [6, 6.07) is 0. The molecule has 0 saturated heterocycles. The van der Waals surface area contributed by atoms with Crippen molar-refractivity contribution in [3.05, 3.63) is 36.5 Å². The van der Waals surface area contributed by atoms with Gasteiger partial charge in [0.2, 0.25) is 0 Å². The third-order valence-electron chi connectivity index (χ3n) is 4.90. The highest BCUT2D eigenvalue weighted by molar-refractivity contribution is 5.77. The number of hydrogen-bond donors (Lipinski definition) is 1. The molecule has 0 aliphatic rings. The normalized spacial score (nSPS) is 12.9. The van der Waals surface area contributed by atoms with Crippen LogP contribution in [-0.2, 0) is 14.3 Å². The molecule has 0 bridgehead atoms. The van der Waals surface area contributed by atoms with Crippen LogP contribution >= 0.6 is 0 Å². The van der Waals surface area contributed by atoms with E-state index in [0.717, 1.165) is 77.0 Å². The highest BCUT2D eigenvalue weighted by Gasteiger charge is 2.21. The monoisotopic (exact) mass is 420 g/mol. The predicted octanol–water partition coefficient (Wildman–Crippen LogP) is 7.54. The van der Waals surface area contributed by atoms with E-state index in [1.165, 1.54) is 6.42 Å². The van der Waals surface area contributed by atoms with Crippen LogP contribution < -0.4 is 0 Å². The molecular weight excluding hydrogens is 376 g/mol. The van der Waals surface area contributed by atoms with Crippen molar-refractivity contribution in [1.82, 2.24) is 0 Å². The van der Waals surface area contributed by atoms with Gasteiger partial charge in [-0.05, 0) is 51.4 Å². The van der Waals surface area contributed by atoms with Gasteiger partial charge in [0.25, 0.3) is 0 Å². The molecule has 0 aromatic rings. The molecule has 1 unspecified atom stereocenters. The number of esters is 1. The highest BCUT2D eigenvalue weighted by atomic mass is 16.6. The minimum Gasteiger partial charge on any atom is -0.479 e. The second-order valence-corrected chi connectivity index (χ2v) is 7.77. The summed E-state index contributed by atoms with van der Waals surface area (Å²) in [5.74, 6) is -1.41. The molecule has 0 aliphatic heterocycles. The van der Waals surface area contributed by atoms with E-state index >= 15 is 0 Å². The Hall–Kier alpha value is -1.84. The van der Waals surface area contributed by atoms with Crippen molar-refractivity contribution < 1.29 is 19.4 Å². The molecule has 0 aromatic carbocycles. The summed E-state index contributed by atoms with van der Waals surface area (Å²) in [4.78, 5) is 23.1. The Balaban J connectivity index is 3.63. The summed E-state index contributed by atoms with van der Waals surface area (Å²) in [6.45, 7) is 4.25. The van der Waals surface area contributed by atoms with E-state index in [2.05, 4.69) is 50.3 Å². The molecule has 1 atom stereocenters. The van der Waals surface area contributed by atoms with E-state index < -0.39 is 12.1 Å². The molecular formula is C26H44O4. The van der Waals surface area contributed by atoms with Crippen LogP contribution in [0.15, 0.2) is 36.5 Å². The summed E-state index contributed by atoms with van der Waals surface area (Å²) in [6.07, 6.45) is 26.4. The van der Waals surface area contributed by atoms with Crippen LogP contribution in [0, 0.1) is 0 Å². The second-order valence-electron chi connectivity index (χ2n) is 7.77. The van der Waals surface area contributed by atoms with E-state index in [1.807, 2.05) is 0 Å². The van der Waals surface area contributed by atoms with Crippen LogP contribution in [0.3, 0.4) is 0 Å². The van der Waals surface area contributed by atoms with Crippen molar-refractivity contribution >= 4 is 11.9 Å². The Labute approximate surface area is 184 Å². The Morgan fingerprint density at radius 2 is 1.37 bits per heavy atom. The van der Waals surface area contributed by atoms with E-state index in [4.69, 9.17) is 4.74 Å². The zero-order valence-corrected chi connectivity index (χ0v) is 19.3. The van der Waals surface area contributed by atoms with Gasteiger partial charge < -0.3 is 9.84 Å². The standard InChI is InChI=1S/C26H44O4/c1-3-5-7-9-10-11-12-13-14-15-16-17-18-19-21-23-25(27)30-24(26(28)29)22-20-8-6-4-2/h5,7,10-11,13-14,24H,3-4,6,8-9,12,15-23H2,1-2H3,(H,28,29). The topological polar surface area (TPSA) is 63.6 Å². The molecule has 0 saturated carbocycles. The first-order valence-corrected chi connectivity index (χ1v) is 12.0. The molecule has 30 heavy (non-hydrogen) atoms. The third-order valence-corrected chi connectivity index (χ3v) is 4.90. The van der Waals surface area contributed by atoms with Gasteiger partial charge in [-0.2, -0.15) is 0 Å². The van der Waals surface area contributed by atoms with Crippen molar-refractivity contribution in [3.63, 3.8) is 0 Å². The number of aliphatic carboxylic acids is 1. The molecule has 0 rings (SSSR count). The number of carbonyl (C=O) groups is 2. The minimum absolute atomic E-state index is 0.318. The van der Waals surface area contributed by atoms with Crippen LogP contribution in [0.25, 0.3) is 0 Å². The molecule has 0 spiro atoms. The number of hydrogen-bond acceptors (Lipinski definition) is 3. The molecule has 0 fully saturated rings. The van der Waals surface area contributed by atoms with Gasteiger partial charge in [0, 0.05) is 6.42 Å². The number of carbonyl (C=O) groups excluding carboxylic acids is 1. The van der Waals surface area contributed by atoms with Crippen LogP contribution in [0.1, 0.15) is 110 Å².